The lowest BCUT2D eigenvalue weighted by Gasteiger charge is -2.36. The number of amides is 1. The van der Waals surface area contributed by atoms with E-state index in [2.05, 4.69) is 57.6 Å². The molecule has 3 aromatic carbocycles. The Kier molecular flexibility index (Phi) is 6.85. The van der Waals surface area contributed by atoms with Crippen LogP contribution in [-0.2, 0) is 13.1 Å². The van der Waals surface area contributed by atoms with E-state index in [4.69, 9.17) is 4.74 Å². The van der Waals surface area contributed by atoms with Gasteiger partial charge in [0.15, 0.2) is 0 Å². The van der Waals surface area contributed by atoms with Gasteiger partial charge in [-0.1, -0.05) is 48.5 Å². The number of nitrogens with zero attached hydrogens (tertiary/aromatic N) is 2. The molecule has 0 atom stereocenters. The normalized spacial score (nSPS) is 14.3. The zero-order chi connectivity index (χ0) is 21.5. The van der Waals surface area contributed by atoms with Crippen molar-refractivity contribution in [2.45, 2.75) is 13.1 Å². The first-order chi connectivity index (χ1) is 15.2. The van der Waals surface area contributed by atoms with Crippen LogP contribution in [0.15, 0.2) is 78.9 Å². The van der Waals surface area contributed by atoms with E-state index >= 15 is 0 Å². The minimum absolute atomic E-state index is 0.0751. The average Bonchev–Trinajstić information content (AvgIpc) is 2.84. The number of para-hydroxylation sites is 2. The van der Waals surface area contributed by atoms with Gasteiger partial charge in [-0.3, -0.25) is 9.69 Å². The zero-order valence-corrected chi connectivity index (χ0v) is 18.0. The lowest BCUT2D eigenvalue weighted by atomic mass is 10.1. The van der Waals surface area contributed by atoms with Gasteiger partial charge in [-0.2, -0.15) is 0 Å². The topological polar surface area (TPSA) is 44.8 Å². The van der Waals surface area contributed by atoms with Crippen molar-refractivity contribution in [3.63, 3.8) is 0 Å². The molecule has 4 rings (SSSR count). The number of rotatable bonds is 7. The van der Waals surface area contributed by atoms with Gasteiger partial charge in [0.25, 0.3) is 5.91 Å². The first kappa shape index (κ1) is 20.9. The molecule has 1 saturated heterocycles. The smallest absolute Gasteiger partial charge is 0.251 e. The van der Waals surface area contributed by atoms with E-state index in [0.717, 1.165) is 44.0 Å². The van der Waals surface area contributed by atoms with Crippen molar-refractivity contribution in [2.75, 3.05) is 38.2 Å². The fourth-order valence-corrected chi connectivity index (χ4v) is 3.95. The summed E-state index contributed by atoms with van der Waals surface area (Å²) in [6, 6.07) is 26.2. The van der Waals surface area contributed by atoms with Gasteiger partial charge in [0.05, 0.1) is 7.11 Å². The van der Waals surface area contributed by atoms with E-state index in [9.17, 15) is 4.79 Å². The summed E-state index contributed by atoms with van der Waals surface area (Å²) in [5.74, 6) is 0.708. The minimum atomic E-state index is -0.0751. The van der Waals surface area contributed by atoms with Gasteiger partial charge >= 0.3 is 0 Å². The third kappa shape index (κ3) is 5.44. The molecule has 0 radical (unpaired) electrons. The van der Waals surface area contributed by atoms with Gasteiger partial charge in [0, 0.05) is 56.1 Å². The second-order valence-corrected chi connectivity index (χ2v) is 7.79. The van der Waals surface area contributed by atoms with Crippen LogP contribution in [0.2, 0.25) is 0 Å². The number of anilines is 1. The maximum Gasteiger partial charge on any atom is 0.251 e. The highest BCUT2D eigenvalue weighted by molar-refractivity contribution is 5.94. The molecule has 1 fully saturated rings. The quantitative estimate of drug-likeness (QED) is 0.635. The van der Waals surface area contributed by atoms with Crippen molar-refractivity contribution in [1.82, 2.24) is 10.2 Å². The summed E-state index contributed by atoms with van der Waals surface area (Å²) < 4.78 is 5.34. The maximum absolute atomic E-state index is 12.5. The Morgan fingerprint density at radius 3 is 2.26 bits per heavy atom. The number of piperazine rings is 1. The largest absolute Gasteiger partial charge is 0.496 e. The predicted octanol–water partition coefficient (Wildman–Crippen LogP) is 3.95. The molecular formula is C26H29N3O2. The van der Waals surface area contributed by atoms with Crippen LogP contribution < -0.4 is 15.0 Å². The molecule has 0 unspecified atom stereocenters. The maximum atomic E-state index is 12.5. The Balaban J connectivity index is 1.27. The molecule has 3 aromatic rings. The number of benzene rings is 3. The third-order valence-corrected chi connectivity index (χ3v) is 5.75. The van der Waals surface area contributed by atoms with Gasteiger partial charge in [-0.15, -0.1) is 0 Å². The molecule has 5 heteroatoms. The Morgan fingerprint density at radius 1 is 0.871 bits per heavy atom. The van der Waals surface area contributed by atoms with E-state index < -0.39 is 0 Å². The van der Waals surface area contributed by atoms with Crippen LogP contribution in [0.5, 0.6) is 5.75 Å². The van der Waals surface area contributed by atoms with E-state index in [1.165, 1.54) is 11.3 Å². The average molecular weight is 416 g/mol. The Bertz CT molecular complexity index is 981. The van der Waals surface area contributed by atoms with Crippen LogP contribution in [0.3, 0.4) is 0 Å². The fraction of sp³-hybridized carbons (Fsp3) is 0.269. The number of methoxy groups -OCH3 is 1. The summed E-state index contributed by atoms with van der Waals surface area (Å²) in [4.78, 5) is 17.4. The van der Waals surface area contributed by atoms with Crippen LogP contribution in [0.25, 0.3) is 0 Å². The predicted molar refractivity (Wildman–Crippen MR) is 125 cm³/mol. The highest BCUT2D eigenvalue weighted by Gasteiger charge is 2.17. The number of carbonyl (C=O) groups excluding carboxylic acids is 1. The van der Waals surface area contributed by atoms with E-state index in [1.807, 2.05) is 36.4 Å². The molecule has 0 saturated carbocycles. The molecule has 1 amide bonds. The molecule has 0 aromatic heterocycles. The molecule has 1 aliphatic rings. The first-order valence-electron chi connectivity index (χ1n) is 10.7. The van der Waals surface area contributed by atoms with Crippen molar-refractivity contribution in [1.29, 1.82) is 0 Å². The van der Waals surface area contributed by atoms with Crippen molar-refractivity contribution in [3.05, 3.63) is 95.6 Å². The van der Waals surface area contributed by atoms with Crippen LogP contribution in [0.4, 0.5) is 5.69 Å². The van der Waals surface area contributed by atoms with Crippen molar-refractivity contribution in [3.8, 4) is 5.75 Å². The van der Waals surface area contributed by atoms with Crippen molar-refractivity contribution in [2.24, 2.45) is 0 Å². The van der Waals surface area contributed by atoms with Crippen molar-refractivity contribution >= 4 is 11.6 Å². The van der Waals surface area contributed by atoms with Crippen LogP contribution in [0, 0.1) is 0 Å². The lowest BCUT2D eigenvalue weighted by Crippen LogP contribution is -2.45. The first-order valence-corrected chi connectivity index (χ1v) is 10.7. The van der Waals surface area contributed by atoms with E-state index in [0.29, 0.717) is 12.1 Å². The molecule has 1 aliphatic heterocycles. The lowest BCUT2D eigenvalue weighted by molar-refractivity contribution is 0.0950. The highest BCUT2D eigenvalue weighted by Crippen LogP contribution is 2.18. The summed E-state index contributed by atoms with van der Waals surface area (Å²) in [7, 11) is 1.64. The molecule has 5 nitrogen and oxygen atoms in total. The monoisotopic (exact) mass is 415 g/mol. The molecule has 0 aliphatic carbocycles. The SMILES string of the molecule is COc1ccccc1CNC(=O)c1ccc(CN2CCN(c3ccccc3)CC2)cc1. The van der Waals surface area contributed by atoms with E-state index in [-0.39, 0.29) is 5.91 Å². The van der Waals surface area contributed by atoms with Gasteiger partial charge in [-0.25, -0.2) is 0 Å². The van der Waals surface area contributed by atoms with Crippen LogP contribution in [-0.4, -0.2) is 44.1 Å². The fourth-order valence-electron chi connectivity index (χ4n) is 3.95. The Hall–Kier alpha value is -3.31. The second-order valence-electron chi connectivity index (χ2n) is 7.79. The summed E-state index contributed by atoms with van der Waals surface area (Å²) >= 11 is 0. The number of hydrogen-bond acceptors (Lipinski definition) is 4. The number of nitrogens with one attached hydrogen (secondary N) is 1. The van der Waals surface area contributed by atoms with Gasteiger partial charge in [0.1, 0.15) is 5.75 Å². The summed E-state index contributed by atoms with van der Waals surface area (Å²) in [6.45, 7) is 5.50. The van der Waals surface area contributed by atoms with Gasteiger partial charge in [0.2, 0.25) is 0 Å². The second kappa shape index (κ2) is 10.1. The minimum Gasteiger partial charge on any atom is -0.496 e. The highest BCUT2D eigenvalue weighted by atomic mass is 16.5. The summed E-state index contributed by atoms with van der Waals surface area (Å²) in [5, 5.41) is 2.98. The Morgan fingerprint density at radius 2 is 1.55 bits per heavy atom. The Labute approximate surface area is 184 Å². The number of ether oxygens (including phenoxy) is 1. The molecular weight excluding hydrogens is 386 g/mol. The summed E-state index contributed by atoms with van der Waals surface area (Å²) in [5.41, 5.74) is 4.16. The van der Waals surface area contributed by atoms with Crippen LogP contribution >= 0.6 is 0 Å². The van der Waals surface area contributed by atoms with Crippen molar-refractivity contribution < 1.29 is 9.53 Å². The van der Waals surface area contributed by atoms with Gasteiger partial charge < -0.3 is 15.0 Å². The molecule has 31 heavy (non-hydrogen) atoms. The zero-order valence-electron chi connectivity index (χ0n) is 18.0. The third-order valence-electron chi connectivity index (χ3n) is 5.75. The molecule has 1 N–H and O–H groups in total. The molecule has 1 heterocycles. The number of hydrogen-bond donors (Lipinski definition) is 1. The summed E-state index contributed by atoms with van der Waals surface area (Å²) in [6.07, 6.45) is 0. The molecule has 160 valence electrons. The molecule has 0 bridgehead atoms. The standard InChI is InChI=1S/C26H29N3O2/c1-31-25-10-6-5-7-23(25)19-27-26(30)22-13-11-21(12-14-22)20-28-15-17-29(18-16-28)24-8-3-2-4-9-24/h2-14H,15-20H2,1H3,(H,27,30). The van der Waals surface area contributed by atoms with E-state index in [1.54, 1.807) is 7.11 Å². The van der Waals surface area contributed by atoms with Crippen LogP contribution in [0.1, 0.15) is 21.5 Å². The number of carbonyl (C=O) groups is 1. The molecule has 0 spiro atoms. The van der Waals surface area contributed by atoms with Gasteiger partial charge in [-0.05, 0) is 35.9 Å².